The van der Waals surface area contributed by atoms with Gasteiger partial charge in [0.25, 0.3) is 17.7 Å². The van der Waals surface area contributed by atoms with Crippen LogP contribution in [-0.2, 0) is 14.3 Å². The number of benzene rings is 1. The third-order valence-electron chi connectivity index (χ3n) is 4.90. The van der Waals surface area contributed by atoms with E-state index in [-0.39, 0.29) is 23.6 Å². The van der Waals surface area contributed by atoms with Crippen molar-refractivity contribution in [2.24, 2.45) is 5.92 Å². The molecule has 2 aliphatic heterocycles. The van der Waals surface area contributed by atoms with Crippen molar-refractivity contribution in [2.45, 2.75) is 32.7 Å². The smallest absolute Gasteiger partial charge is 0.329 e. The van der Waals surface area contributed by atoms with Crippen LogP contribution in [0.15, 0.2) is 24.3 Å². The van der Waals surface area contributed by atoms with Gasteiger partial charge in [-0.15, -0.1) is 0 Å². The van der Waals surface area contributed by atoms with Gasteiger partial charge in [0.1, 0.15) is 6.04 Å². The largest absolute Gasteiger partial charge is 0.454 e. The third kappa shape index (κ3) is 3.34. The fourth-order valence-corrected chi connectivity index (χ4v) is 3.43. The van der Waals surface area contributed by atoms with E-state index in [4.69, 9.17) is 4.74 Å². The molecule has 2 atom stereocenters. The van der Waals surface area contributed by atoms with Crippen LogP contribution in [0, 0.1) is 5.92 Å². The molecule has 3 rings (SSSR count). The van der Waals surface area contributed by atoms with Crippen molar-refractivity contribution in [1.29, 1.82) is 0 Å². The van der Waals surface area contributed by atoms with Gasteiger partial charge in [0.05, 0.1) is 11.1 Å². The highest BCUT2D eigenvalue weighted by Gasteiger charge is 2.41. The van der Waals surface area contributed by atoms with Gasteiger partial charge < -0.3 is 9.64 Å². The Kier molecular flexibility index (Phi) is 5.06. The molecule has 0 aromatic heterocycles. The minimum absolute atomic E-state index is 0.250. The van der Waals surface area contributed by atoms with Gasteiger partial charge in [0.2, 0.25) is 0 Å². The summed E-state index contributed by atoms with van der Waals surface area (Å²) in [5.41, 5.74) is 0.547. The average Bonchev–Trinajstić information content (AvgIpc) is 2.90. The second kappa shape index (κ2) is 7.27. The highest BCUT2D eigenvalue weighted by Crippen LogP contribution is 2.24. The number of rotatable bonds is 4. The summed E-state index contributed by atoms with van der Waals surface area (Å²) in [6.45, 7) is 4.45. The minimum atomic E-state index is -1.09. The predicted molar refractivity (Wildman–Crippen MR) is 92.3 cm³/mol. The van der Waals surface area contributed by atoms with Crippen LogP contribution in [0.5, 0.6) is 0 Å². The van der Waals surface area contributed by atoms with E-state index in [2.05, 4.69) is 6.92 Å². The molecule has 0 radical (unpaired) electrons. The fraction of sp³-hybridized carbons (Fsp3) is 0.474. The number of imide groups is 1. The van der Waals surface area contributed by atoms with Gasteiger partial charge in [-0.2, -0.15) is 0 Å². The van der Waals surface area contributed by atoms with Crippen molar-refractivity contribution < 1.29 is 23.9 Å². The summed E-state index contributed by atoms with van der Waals surface area (Å²) in [6.07, 6.45) is 2.02. The molecule has 1 aromatic rings. The summed E-state index contributed by atoms with van der Waals surface area (Å²) in [4.78, 5) is 51.9. The van der Waals surface area contributed by atoms with Crippen LogP contribution in [0.25, 0.3) is 0 Å². The Balaban J connectivity index is 1.59. The maximum Gasteiger partial charge on any atom is 0.329 e. The summed E-state index contributed by atoms with van der Waals surface area (Å²) in [5.74, 6) is -1.63. The molecule has 1 fully saturated rings. The van der Waals surface area contributed by atoms with Crippen molar-refractivity contribution in [3.05, 3.63) is 35.4 Å². The first-order valence-corrected chi connectivity index (χ1v) is 8.81. The quantitative estimate of drug-likeness (QED) is 0.601. The van der Waals surface area contributed by atoms with Gasteiger partial charge in [0, 0.05) is 13.1 Å². The maximum atomic E-state index is 12.4. The number of piperidine rings is 1. The molecular formula is C19H22N2O5. The second-order valence-electron chi connectivity index (χ2n) is 6.90. The van der Waals surface area contributed by atoms with E-state index in [1.165, 1.54) is 6.92 Å². The number of amides is 3. The molecule has 2 heterocycles. The first kappa shape index (κ1) is 18.1. The summed E-state index contributed by atoms with van der Waals surface area (Å²) < 4.78 is 5.09. The molecule has 2 unspecified atom stereocenters. The summed E-state index contributed by atoms with van der Waals surface area (Å²) in [7, 11) is 0. The number of carbonyl (C=O) groups excluding carboxylic acids is 4. The Morgan fingerprint density at radius 2 is 1.81 bits per heavy atom. The van der Waals surface area contributed by atoms with Gasteiger partial charge in [-0.1, -0.05) is 19.1 Å². The minimum Gasteiger partial charge on any atom is -0.454 e. The lowest BCUT2D eigenvalue weighted by molar-refractivity contribution is -0.155. The van der Waals surface area contributed by atoms with Crippen molar-refractivity contribution in [2.75, 3.05) is 19.7 Å². The van der Waals surface area contributed by atoms with Crippen LogP contribution >= 0.6 is 0 Å². The van der Waals surface area contributed by atoms with E-state index >= 15 is 0 Å². The van der Waals surface area contributed by atoms with Crippen molar-refractivity contribution in [3.8, 4) is 0 Å². The average molecular weight is 358 g/mol. The molecule has 0 aliphatic carbocycles. The topological polar surface area (TPSA) is 84.0 Å². The summed E-state index contributed by atoms with van der Waals surface area (Å²) in [6, 6.07) is 5.34. The summed E-state index contributed by atoms with van der Waals surface area (Å²) >= 11 is 0. The molecule has 138 valence electrons. The normalized spacial score (nSPS) is 20.8. The first-order chi connectivity index (χ1) is 12.4. The van der Waals surface area contributed by atoms with E-state index < -0.39 is 23.8 Å². The highest BCUT2D eigenvalue weighted by molar-refractivity contribution is 6.22. The number of carbonyl (C=O) groups is 4. The number of ether oxygens (including phenoxy) is 1. The Morgan fingerprint density at radius 1 is 1.19 bits per heavy atom. The molecule has 3 amide bonds. The van der Waals surface area contributed by atoms with Crippen LogP contribution in [0.4, 0.5) is 0 Å². The van der Waals surface area contributed by atoms with Crippen LogP contribution in [-0.4, -0.2) is 59.2 Å². The molecule has 1 saturated heterocycles. The number of fused-ring (bicyclic) bond motifs is 1. The SMILES string of the molecule is CC1CCCN(C(=O)COC(=O)C(C)N2C(=O)c3ccccc3C2=O)C1. The summed E-state index contributed by atoms with van der Waals surface area (Å²) in [5, 5.41) is 0. The lowest BCUT2D eigenvalue weighted by atomic mass is 10.0. The Bertz CT molecular complexity index is 725. The maximum absolute atomic E-state index is 12.4. The number of nitrogens with zero attached hydrogens (tertiary/aromatic N) is 2. The van der Waals surface area contributed by atoms with Gasteiger partial charge in [-0.05, 0) is 37.8 Å². The van der Waals surface area contributed by atoms with E-state index in [9.17, 15) is 19.2 Å². The lowest BCUT2D eigenvalue weighted by Crippen LogP contribution is -2.45. The third-order valence-corrected chi connectivity index (χ3v) is 4.90. The monoisotopic (exact) mass is 358 g/mol. The second-order valence-corrected chi connectivity index (χ2v) is 6.90. The van der Waals surface area contributed by atoms with Gasteiger partial charge >= 0.3 is 5.97 Å². The van der Waals surface area contributed by atoms with Crippen molar-refractivity contribution in [1.82, 2.24) is 9.80 Å². The van der Waals surface area contributed by atoms with Gasteiger partial charge in [-0.25, -0.2) is 4.79 Å². The molecule has 0 spiro atoms. The van der Waals surface area contributed by atoms with E-state index in [0.717, 1.165) is 17.7 Å². The number of hydrogen-bond donors (Lipinski definition) is 0. The molecule has 1 aromatic carbocycles. The zero-order chi connectivity index (χ0) is 18.8. The molecular weight excluding hydrogens is 336 g/mol. The number of likely N-dealkylation sites (tertiary alicyclic amines) is 1. The zero-order valence-corrected chi connectivity index (χ0v) is 14.9. The van der Waals surface area contributed by atoms with Crippen LogP contribution in [0.3, 0.4) is 0 Å². The molecule has 7 nitrogen and oxygen atoms in total. The van der Waals surface area contributed by atoms with E-state index in [1.54, 1.807) is 29.2 Å². The van der Waals surface area contributed by atoms with Crippen LogP contribution in [0.1, 0.15) is 47.4 Å². The van der Waals surface area contributed by atoms with Gasteiger partial charge in [-0.3, -0.25) is 19.3 Å². The molecule has 7 heteroatoms. The zero-order valence-electron chi connectivity index (χ0n) is 14.9. The van der Waals surface area contributed by atoms with Crippen LogP contribution < -0.4 is 0 Å². The lowest BCUT2D eigenvalue weighted by Gasteiger charge is -2.31. The molecule has 2 aliphatic rings. The fourth-order valence-electron chi connectivity index (χ4n) is 3.43. The Labute approximate surface area is 151 Å². The van der Waals surface area contributed by atoms with E-state index in [1.807, 2.05) is 0 Å². The first-order valence-electron chi connectivity index (χ1n) is 8.81. The van der Waals surface area contributed by atoms with Crippen molar-refractivity contribution in [3.63, 3.8) is 0 Å². The molecule has 26 heavy (non-hydrogen) atoms. The number of esters is 1. The molecule has 0 bridgehead atoms. The molecule has 0 N–H and O–H groups in total. The van der Waals surface area contributed by atoms with E-state index in [0.29, 0.717) is 19.0 Å². The van der Waals surface area contributed by atoms with Crippen LogP contribution in [0.2, 0.25) is 0 Å². The van der Waals surface area contributed by atoms with Crippen molar-refractivity contribution >= 4 is 23.7 Å². The standard InChI is InChI=1S/C19H22N2O5/c1-12-6-5-9-20(10-12)16(22)11-26-19(25)13(2)21-17(23)14-7-3-4-8-15(14)18(21)24/h3-4,7-8,12-13H,5-6,9-11H2,1-2H3. The highest BCUT2D eigenvalue weighted by atomic mass is 16.5. The predicted octanol–water partition coefficient (Wildman–Crippen LogP) is 1.47. The Morgan fingerprint density at radius 3 is 2.38 bits per heavy atom. The molecule has 0 saturated carbocycles. The van der Waals surface area contributed by atoms with Gasteiger partial charge in [0.15, 0.2) is 6.61 Å². The Hall–Kier alpha value is -2.70. The number of hydrogen-bond acceptors (Lipinski definition) is 5.